The van der Waals surface area contributed by atoms with E-state index in [0.717, 1.165) is 43.2 Å². The van der Waals surface area contributed by atoms with Gasteiger partial charge < -0.3 is 0 Å². The van der Waals surface area contributed by atoms with Crippen molar-refractivity contribution in [1.82, 2.24) is 15.0 Å². The standard InChI is InChI=1S/C18H33N3/c1-4-7-9-11-14-17-19-16(13-6-3)20-18(21-17)15-12-10-8-5-2/h4-15H2,1-3H3. The number of rotatable bonds is 12. The zero-order valence-electron chi connectivity index (χ0n) is 14.3. The lowest BCUT2D eigenvalue weighted by atomic mass is 10.1. The number of hydrogen-bond acceptors (Lipinski definition) is 3. The molecule has 0 aliphatic carbocycles. The third-order valence-corrected chi connectivity index (χ3v) is 3.76. The van der Waals surface area contributed by atoms with Gasteiger partial charge in [0.25, 0.3) is 0 Å². The molecule has 120 valence electrons. The second-order valence-corrected chi connectivity index (χ2v) is 5.96. The van der Waals surface area contributed by atoms with Gasteiger partial charge in [-0.05, 0) is 19.3 Å². The topological polar surface area (TPSA) is 38.7 Å². The highest BCUT2D eigenvalue weighted by Gasteiger charge is 2.06. The monoisotopic (exact) mass is 291 g/mol. The van der Waals surface area contributed by atoms with E-state index in [4.69, 9.17) is 0 Å². The van der Waals surface area contributed by atoms with Crippen LogP contribution >= 0.6 is 0 Å². The van der Waals surface area contributed by atoms with Crippen LogP contribution in [0.15, 0.2) is 0 Å². The lowest BCUT2D eigenvalue weighted by molar-refractivity contribution is 0.619. The van der Waals surface area contributed by atoms with Crippen molar-refractivity contribution < 1.29 is 0 Å². The molecule has 0 aromatic carbocycles. The normalized spacial score (nSPS) is 11.0. The maximum Gasteiger partial charge on any atom is 0.132 e. The lowest BCUT2D eigenvalue weighted by Gasteiger charge is -2.07. The molecule has 0 saturated heterocycles. The molecule has 0 saturated carbocycles. The highest BCUT2D eigenvalue weighted by Crippen LogP contribution is 2.09. The summed E-state index contributed by atoms with van der Waals surface area (Å²) in [6.07, 6.45) is 14.3. The fraction of sp³-hybridized carbons (Fsp3) is 0.833. The molecule has 0 bridgehead atoms. The van der Waals surface area contributed by atoms with E-state index in [1.165, 1.54) is 51.4 Å². The number of nitrogens with zero attached hydrogens (tertiary/aromatic N) is 3. The van der Waals surface area contributed by atoms with Crippen molar-refractivity contribution in [2.45, 2.75) is 97.8 Å². The summed E-state index contributed by atoms with van der Waals surface area (Å²) in [6.45, 7) is 6.68. The quantitative estimate of drug-likeness (QED) is 0.505. The Kier molecular flexibility index (Phi) is 10.0. The molecule has 21 heavy (non-hydrogen) atoms. The summed E-state index contributed by atoms with van der Waals surface area (Å²) < 4.78 is 0. The molecular formula is C18H33N3. The lowest BCUT2D eigenvalue weighted by Crippen LogP contribution is -2.08. The van der Waals surface area contributed by atoms with E-state index >= 15 is 0 Å². The van der Waals surface area contributed by atoms with E-state index in [0.29, 0.717) is 0 Å². The third kappa shape index (κ3) is 8.13. The van der Waals surface area contributed by atoms with Gasteiger partial charge in [-0.15, -0.1) is 0 Å². The Morgan fingerprint density at radius 2 is 0.905 bits per heavy atom. The van der Waals surface area contributed by atoms with Gasteiger partial charge in [-0.1, -0.05) is 59.3 Å². The van der Waals surface area contributed by atoms with Crippen molar-refractivity contribution in [2.24, 2.45) is 0 Å². The van der Waals surface area contributed by atoms with E-state index in [2.05, 4.69) is 35.7 Å². The molecule has 0 aliphatic rings. The van der Waals surface area contributed by atoms with Gasteiger partial charge in [0.2, 0.25) is 0 Å². The molecule has 0 aliphatic heterocycles. The van der Waals surface area contributed by atoms with Crippen LogP contribution in [-0.2, 0) is 19.3 Å². The zero-order valence-corrected chi connectivity index (χ0v) is 14.3. The average molecular weight is 291 g/mol. The SMILES string of the molecule is CCCCCCc1nc(CCC)nc(CCCCCC)n1. The number of aryl methyl sites for hydroxylation is 3. The Hall–Kier alpha value is -0.990. The van der Waals surface area contributed by atoms with E-state index in [-0.39, 0.29) is 0 Å². The minimum atomic E-state index is 0.979. The summed E-state index contributed by atoms with van der Waals surface area (Å²) in [5.41, 5.74) is 0. The minimum absolute atomic E-state index is 0.979. The van der Waals surface area contributed by atoms with Gasteiger partial charge in [-0.25, -0.2) is 15.0 Å². The highest BCUT2D eigenvalue weighted by atomic mass is 15.0. The van der Waals surface area contributed by atoms with Crippen molar-refractivity contribution in [3.8, 4) is 0 Å². The maximum atomic E-state index is 4.69. The average Bonchev–Trinajstić information content (AvgIpc) is 2.48. The second kappa shape index (κ2) is 11.6. The van der Waals surface area contributed by atoms with Crippen LogP contribution in [0.4, 0.5) is 0 Å². The Morgan fingerprint density at radius 3 is 1.29 bits per heavy atom. The van der Waals surface area contributed by atoms with Crippen LogP contribution in [0, 0.1) is 0 Å². The highest BCUT2D eigenvalue weighted by molar-refractivity contribution is 4.98. The molecule has 0 atom stereocenters. The number of aromatic nitrogens is 3. The Balaban J connectivity index is 2.56. The van der Waals surface area contributed by atoms with Crippen LogP contribution < -0.4 is 0 Å². The van der Waals surface area contributed by atoms with Crippen molar-refractivity contribution in [1.29, 1.82) is 0 Å². The van der Waals surface area contributed by atoms with Crippen LogP contribution in [0.25, 0.3) is 0 Å². The van der Waals surface area contributed by atoms with Crippen LogP contribution in [0.1, 0.15) is 96.0 Å². The molecule has 0 fully saturated rings. The summed E-state index contributed by atoms with van der Waals surface area (Å²) in [5, 5.41) is 0. The molecule has 3 nitrogen and oxygen atoms in total. The molecule has 0 N–H and O–H groups in total. The first kappa shape index (κ1) is 18.1. The van der Waals surface area contributed by atoms with Crippen molar-refractivity contribution in [3.05, 3.63) is 17.5 Å². The summed E-state index contributed by atoms with van der Waals surface area (Å²) in [7, 11) is 0. The van der Waals surface area contributed by atoms with Crippen LogP contribution in [0.2, 0.25) is 0 Å². The number of unbranched alkanes of at least 4 members (excludes halogenated alkanes) is 6. The first-order chi connectivity index (χ1) is 10.3. The molecule has 1 aromatic heterocycles. The van der Waals surface area contributed by atoms with Crippen LogP contribution in [0.5, 0.6) is 0 Å². The fourth-order valence-electron chi connectivity index (χ4n) is 2.50. The molecular weight excluding hydrogens is 258 g/mol. The third-order valence-electron chi connectivity index (χ3n) is 3.76. The molecule has 3 heteroatoms. The summed E-state index contributed by atoms with van der Waals surface area (Å²) in [6, 6.07) is 0. The summed E-state index contributed by atoms with van der Waals surface area (Å²) in [4.78, 5) is 14.0. The Labute approximate surface area is 131 Å². The summed E-state index contributed by atoms with van der Waals surface area (Å²) in [5.74, 6) is 3.05. The molecule has 0 amide bonds. The first-order valence-corrected chi connectivity index (χ1v) is 9.02. The van der Waals surface area contributed by atoms with Crippen LogP contribution in [0.3, 0.4) is 0 Å². The summed E-state index contributed by atoms with van der Waals surface area (Å²) >= 11 is 0. The van der Waals surface area contributed by atoms with Gasteiger partial charge in [-0.2, -0.15) is 0 Å². The van der Waals surface area contributed by atoms with Gasteiger partial charge in [0.15, 0.2) is 0 Å². The van der Waals surface area contributed by atoms with Crippen molar-refractivity contribution in [2.75, 3.05) is 0 Å². The Morgan fingerprint density at radius 1 is 0.476 bits per heavy atom. The van der Waals surface area contributed by atoms with Crippen molar-refractivity contribution >= 4 is 0 Å². The molecule has 1 heterocycles. The molecule has 0 radical (unpaired) electrons. The Bertz CT molecular complexity index is 346. The smallest absolute Gasteiger partial charge is 0.132 e. The largest absolute Gasteiger partial charge is 0.218 e. The minimum Gasteiger partial charge on any atom is -0.218 e. The molecule has 1 rings (SSSR count). The van der Waals surface area contributed by atoms with E-state index in [1.807, 2.05) is 0 Å². The molecule has 1 aromatic rings. The molecule has 0 spiro atoms. The second-order valence-electron chi connectivity index (χ2n) is 5.96. The van der Waals surface area contributed by atoms with E-state index in [1.54, 1.807) is 0 Å². The zero-order chi connectivity index (χ0) is 15.3. The van der Waals surface area contributed by atoms with Crippen molar-refractivity contribution in [3.63, 3.8) is 0 Å². The van der Waals surface area contributed by atoms with Gasteiger partial charge in [0.05, 0.1) is 0 Å². The van der Waals surface area contributed by atoms with Gasteiger partial charge in [-0.3, -0.25) is 0 Å². The van der Waals surface area contributed by atoms with E-state index < -0.39 is 0 Å². The van der Waals surface area contributed by atoms with Crippen LogP contribution in [-0.4, -0.2) is 15.0 Å². The predicted molar refractivity (Wildman–Crippen MR) is 89.5 cm³/mol. The number of hydrogen-bond donors (Lipinski definition) is 0. The van der Waals surface area contributed by atoms with Gasteiger partial charge in [0.1, 0.15) is 17.5 Å². The van der Waals surface area contributed by atoms with Gasteiger partial charge >= 0.3 is 0 Å². The first-order valence-electron chi connectivity index (χ1n) is 9.02. The fourth-order valence-corrected chi connectivity index (χ4v) is 2.50. The van der Waals surface area contributed by atoms with Gasteiger partial charge in [0, 0.05) is 19.3 Å². The molecule has 0 unspecified atom stereocenters. The van der Waals surface area contributed by atoms with E-state index in [9.17, 15) is 0 Å². The predicted octanol–water partition coefficient (Wildman–Crippen LogP) is 5.07. The maximum absolute atomic E-state index is 4.69.